The number of thiophene rings is 1. The van der Waals surface area contributed by atoms with Crippen LogP contribution in [0, 0.1) is 11.3 Å². The molecule has 7 heteroatoms. The molecule has 6 nitrogen and oxygen atoms in total. The Morgan fingerprint density at radius 2 is 1.93 bits per heavy atom. The summed E-state index contributed by atoms with van der Waals surface area (Å²) in [4.78, 5) is 25.4. The maximum Gasteiger partial charge on any atom is 0.306 e. The molecule has 0 unspecified atom stereocenters. The third-order valence-electron chi connectivity index (χ3n) is 5.03. The third-order valence-corrected chi connectivity index (χ3v) is 6.51. The van der Waals surface area contributed by atoms with Crippen molar-refractivity contribution in [2.45, 2.75) is 58.0 Å². The molecule has 1 aliphatic heterocycles. The second-order valence-electron chi connectivity index (χ2n) is 8.73. The molecule has 1 aromatic heterocycles. The van der Waals surface area contributed by atoms with Gasteiger partial charge in [-0.05, 0) is 51.7 Å². The number of nitrogens with zero attached hydrogens (tertiary/aromatic N) is 1. The Morgan fingerprint density at radius 3 is 2.60 bits per heavy atom. The van der Waals surface area contributed by atoms with Crippen molar-refractivity contribution in [3.63, 3.8) is 0 Å². The molecule has 1 amide bonds. The van der Waals surface area contributed by atoms with E-state index in [-0.39, 0.29) is 24.1 Å². The molecule has 0 saturated heterocycles. The smallest absolute Gasteiger partial charge is 0.306 e. The van der Waals surface area contributed by atoms with E-state index in [4.69, 9.17) is 4.74 Å². The van der Waals surface area contributed by atoms with Crippen LogP contribution in [0.3, 0.4) is 0 Å². The molecular weight excluding hydrogens is 398 g/mol. The second kappa shape index (κ2) is 8.58. The average molecular weight is 426 g/mol. The van der Waals surface area contributed by atoms with Gasteiger partial charge in [-0.1, -0.05) is 30.3 Å². The number of amides is 1. The third kappa shape index (κ3) is 5.07. The van der Waals surface area contributed by atoms with Crippen LogP contribution < -0.4 is 10.6 Å². The highest BCUT2D eigenvalue weighted by atomic mass is 32.1. The first-order chi connectivity index (χ1) is 14.1. The van der Waals surface area contributed by atoms with E-state index >= 15 is 0 Å². The van der Waals surface area contributed by atoms with Crippen LogP contribution >= 0.6 is 11.3 Å². The van der Waals surface area contributed by atoms with Crippen LogP contribution in [0.4, 0.5) is 5.00 Å². The summed E-state index contributed by atoms with van der Waals surface area (Å²) in [5.74, 6) is -0.866. The quantitative estimate of drug-likeness (QED) is 0.685. The molecule has 0 saturated carbocycles. The van der Waals surface area contributed by atoms with Crippen molar-refractivity contribution in [3.05, 3.63) is 51.9 Å². The molecule has 0 spiro atoms. The van der Waals surface area contributed by atoms with Crippen LogP contribution in [0.5, 0.6) is 0 Å². The summed E-state index contributed by atoms with van der Waals surface area (Å²) >= 11 is 1.41. The summed E-state index contributed by atoms with van der Waals surface area (Å²) < 4.78 is 5.11. The number of esters is 1. The number of carbonyl (C=O) groups is 2. The first-order valence-electron chi connectivity index (χ1n) is 9.96. The van der Waals surface area contributed by atoms with Crippen molar-refractivity contribution in [1.29, 1.82) is 5.26 Å². The SMILES string of the molecule is CC1(C)Cc2c(sc(NC(=O)COC(=O)CCc3ccccc3)c2C#N)C(C)(C)N1. The van der Waals surface area contributed by atoms with Gasteiger partial charge in [-0.15, -0.1) is 11.3 Å². The maximum absolute atomic E-state index is 12.4. The molecule has 158 valence electrons. The molecule has 0 bridgehead atoms. The first-order valence-corrected chi connectivity index (χ1v) is 10.8. The van der Waals surface area contributed by atoms with Crippen molar-refractivity contribution < 1.29 is 14.3 Å². The molecule has 2 N–H and O–H groups in total. The summed E-state index contributed by atoms with van der Waals surface area (Å²) in [7, 11) is 0. The van der Waals surface area contributed by atoms with Gasteiger partial charge in [0.15, 0.2) is 6.61 Å². The molecular formula is C23H27N3O3S. The number of ether oxygens (including phenoxy) is 1. The van der Waals surface area contributed by atoms with Gasteiger partial charge in [-0.2, -0.15) is 5.26 Å². The Kier molecular flexibility index (Phi) is 6.30. The fourth-order valence-electron chi connectivity index (χ4n) is 4.01. The van der Waals surface area contributed by atoms with E-state index in [0.29, 0.717) is 23.4 Å². The van der Waals surface area contributed by atoms with Crippen molar-refractivity contribution in [3.8, 4) is 6.07 Å². The number of carbonyl (C=O) groups excluding carboxylic acids is 2. The van der Waals surface area contributed by atoms with Crippen LogP contribution in [0.2, 0.25) is 0 Å². The van der Waals surface area contributed by atoms with Crippen LogP contribution in [-0.2, 0) is 32.7 Å². The van der Waals surface area contributed by atoms with Crippen molar-refractivity contribution in [2.24, 2.45) is 0 Å². The largest absolute Gasteiger partial charge is 0.456 e. The minimum absolute atomic E-state index is 0.154. The molecule has 1 aliphatic rings. The summed E-state index contributed by atoms with van der Waals surface area (Å²) in [6.07, 6.45) is 1.48. The fraction of sp³-hybridized carbons (Fsp3) is 0.435. The Morgan fingerprint density at radius 1 is 1.23 bits per heavy atom. The molecule has 2 heterocycles. The highest BCUT2D eigenvalue weighted by Gasteiger charge is 2.40. The Hall–Kier alpha value is -2.69. The zero-order valence-corrected chi connectivity index (χ0v) is 18.6. The Bertz CT molecular complexity index is 987. The van der Waals surface area contributed by atoms with E-state index in [0.717, 1.165) is 16.0 Å². The monoisotopic (exact) mass is 425 g/mol. The van der Waals surface area contributed by atoms with Crippen LogP contribution in [0.25, 0.3) is 0 Å². The van der Waals surface area contributed by atoms with Gasteiger partial charge in [0.25, 0.3) is 5.91 Å². The van der Waals surface area contributed by atoms with Gasteiger partial charge in [0, 0.05) is 22.4 Å². The highest BCUT2D eigenvalue weighted by molar-refractivity contribution is 7.17. The summed E-state index contributed by atoms with van der Waals surface area (Å²) in [5.41, 5.74) is 2.06. The van der Waals surface area contributed by atoms with Gasteiger partial charge in [0.1, 0.15) is 11.1 Å². The Balaban J connectivity index is 1.61. The average Bonchev–Trinajstić information content (AvgIpc) is 3.01. The molecule has 1 aromatic carbocycles. The van der Waals surface area contributed by atoms with Crippen LogP contribution in [0.1, 0.15) is 55.7 Å². The number of aryl methyl sites for hydroxylation is 1. The number of anilines is 1. The standard InChI is InChI=1S/C23H27N3O3S/c1-22(2)12-16-17(13-24)21(30-20(16)23(3,4)26-22)25-18(27)14-29-19(28)11-10-15-8-6-5-7-9-15/h5-9,26H,10-12,14H2,1-4H3,(H,25,27). The molecule has 0 atom stereocenters. The normalized spacial score (nSPS) is 16.2. The molecule has 0 aliphatic carbocycles. The predicted octanol–water partition coefficient (Wildman–Crippen LogP) is 3.89. The van der Waals surface area contributed by atoms with E-state index in [1.807, 2.05) is 30.3 Å². The van der Waals surface area contributed by atoms with Gasteiger partial charge >= 0.3 is 5.97 Å². The van der Waals surface area contributed by atoms with E-state index in [9.17, 15) is 14.9 Å². The lowest BCUT2D eigenvalue weighted by molar-refractivity contribution is -0.147. The summed E-state index contributed by atoms with van der Waals surface area (Å²) in [5, 5.41) is 16.6. The van der Waals surface area contributed by atoms with Gasteiger partial charge in [0.2, 0.25) is 0 Å². The molecule has 30 heavy (non-hydrogen) atoms. The van der Waals surface area contributed by atoms with Crippen LogP contribution in [-0.4, -0.2) is 24.0 Å². The summed E-state index contributed by atoms with van der Waals surface area (Å²) in [6.45, 7) is 7.98. The Labute approximate surface area is 181 Å². The fourth-order valence-corrected chi connectivity index (χ4v) is 5.25. The number of hydrogen-bond acceptors (Lipinski definition) is 6. The molecule has 2 aromatic rings. The van der Waals surface area contributed by atoms with Crippen molar-refractivity contribution in [2.75, 3.05) is 11.9 Å². The van der Waals surface area contributed by atoms with Gasteiger partial charge in [-0.3, -0.25) is 9.59 Å². The molecule has 3 rings (SSSR count). The number of benzene rings is 1. The number of hydrogen-bond donors (Lipinski definition) is 2. The van der Waals surface area contributed by atoms with Crippen molar-refractivity contribution in [1.82, 2.24) is 5.32 Å². The highest BCUT2D eigenvalue weighted by Crippen LogP contribution is 2.44. The molecule has 0 radical (unpaired) electrons. The van der Waals surface area contributed by atoms with Crippen molar-refractivity contribution >= 4 is 28.2 Å². The van der Waals surface area contributed by atoms with Crippen LogP contribution in [0.15, 0.2) is 30.3 Å². The second-order valence-corrected chi connectivity index (χ2v) is 9.75. The van der Waals surface area contributed by atoms with E-state index in [1.165, 1.54) is 11.3 Å². The lowest BCUT2D eigenvalue weighted by Crippen LogP contribution is -2.54. The lowest BCUT2D eigenvalue weighted by Gasteiger charge is -2.42. The number of fused-ring (bicyclic) bond motifs is 1. The number of nitrogens with one attached hydrogen (secondary N) is 2. The predicted molar refractivity (Wildman–Crippen MR) is 117 cm³/mol. The topological polar surface area (TPSA) is 91.2 Å². The minimum atomic E-state index is -0.441. The van der Waals surface area contributed by atoms with E-state index < -0.39 is 11.9 Å². The zero-order chi connectivity index (χ0) is 21.9. The molecule has 0 fully saturated rings. The van der Waals surface area contributed by atoms with E-state index in [2.05, 4.69) is 44.4 Å². The zero-order valence-electron chi connectivity index (χ0n) is 17.8. The number of rotatable bonds is 6. The van der Waals surface area contributed by atoms with Gasteiger partial charge in [-0.25, -0.2) is 0 Å². The van der Waals surface area contributed by atoms with Gasteiger partial charge < -0.3 is 15.4 Å². The lowest BCUT2D eigenvalue weighted by atomic mass is 9.81. The minimum Gasteiger partial charge on any atom is -0.456 e. The number of nitriles is 1. The first kappa shape index (κ1) is 22.0. The van der Waals surface area contributed by atoms with E-state index in [1.54, 1.807) is 0 Å². The van der Waals surface area contributed by atoms with Gasteiger partial charge in [0.05, 0.1) is 5.56 Å². The maximum atomic E-state index is 12.4. The summed E-state index contributed by atoms with van der Waals surface area (Å²) in [6, 6.07) is 11.9.